The van der Waals surface area contributed by atoms with Crippen LogP contribution in [0, 0.1) is 0 Å². The van der Waals surface area contributed by atoms with Crippen LogP contribution >= 0.6 is 28.3 Å². The quantitative estimate of drug-likeness (QED) is 0.547. The molecule has 7 heteroatoms. The van der Waals surface area contributed by atoms with E-state index in [-0.39, 0.29) is 22.5 Å². The third-order valence-corrected chi connectivity index (χ3v) is 5.28. The van der Waals surface area contributed by atoms with E-state index in [1.807, 2.05) is 5.38 Å². The van der Waals surface area contributed by atoms with Crippen LogP contribution in [-0.2, 0) is 0 Å². The summed E-state index contributed by atoms with van der Waals surface area (Å²) < 4.78 is 0. The van der Waals surface area contributed by atoms with Crippen molar-refractivity contribution in [2.24, 2.45) is 0 Å². The Kier molecular flexibility index (Phi) is 6.13. The SMILES string of the molecule is Br.O=C(O)c1ccc(Nc2nc(-c3ccc(N4CCCC4)cc3)cs2)cc1. The molecule has 0 atom stereocenters. The zero-order valence-electron chi connectivity index (χ0n) is 14.6. The van der Waals surface area contributed by atoms with Gasteiger partial charge in [0.15, 0.2) is 5.13 Å². The lowest BCUT2D eigenvalue weighted by Gasteiger charge is -2.17. The number of aromatic carboxylic acids is 1. The second-order valence-electron chi connectivity index (χ2n) is 6.29. The van der Waals surface area contributed by atoms with Crippen molar-refractivity contribution in [3.05, 3.63) is 59.5 Å². The van der Waals surface area contributed by atoms with Crippen molar-refractivity contribution in [1.82, 2.24) is 4.98 Å². The smallest absolute Gasteiger partial charge is 0.335 e. The van der Waals surface area contributed by atoms with Crippen LogP contribution < -0.4 is 10.2 Å². The van der Waals surface area contributed by atoms with Gasteiger partial charge in [0, 0.05) is 35.4 Å². The Morgan fingerprint density at radius 2 is 1.70 bits per heavy atom. The van der Waals surface area contributed by atoms with Crippen LogP contribution in [0.3, 0.4) is 0 Å². The molecule has 5 nitrogen and oxygen atoms in total. The van der Waals surface area contributed by atoms with Gasteiger partial charge < -0.3 is 15.3 Å². The summed E-state index contributed by atoms with van der Waals surface area (Å²) in [5.41, 5.74) is 4.40. The summed E-state index contributed by atoms with van der Waals surface area (Å²) in [4.78, 5) is 18.0. The van der Waals surface area contributed by atoms with Crippen LogP contribution in [0.2, 0.25) is 0 Å². The van der Waals surface area contributed by atoms with E-state index in [0.29, 0.717) is 0 Å². The Morgan fingerprint density at radius 3 is 2.33 bits per heavy atom. The molecule has 2 aromatic carbocycles. The number of hydrogen-bond acceptors (Lipinski definition) is 5. The minimum atomic E-state index is -0.925. The largest absolute Gasteiger partial charge is 0.478 e. The van der Waals surface area contributed by atoms with Crippen LogP contribution in [0.5, 0.6) is 0 Å². The second kappa shape index (κ2) is 8.54. The molecule has 1 aromatic heterocycles. The lowest BCUT2D eigenvalue weighted by Crippen LogP contribution is -2.17. The van der Waals surface area contributed by atoms with Crippen molar-refractivity contribution in [3.8, 4) is 11.3 Å². The van der Waals surface area contributed by atoms with Crippen LogP contribution in [0.4, 0.5) is 16.5 Å². The molecule has 0 unspecified atom stereocenters. The predicted octanol–water partition coefficient (Wildman–Crippen LogP) is 5.43. The molecule has 0 radical (unpaired) electrons. The highest BCUT2D eigenvalue weighted by Crippen LogP contribution is 2.29. The first-order chi connectivity index (χ1) is 12.7. The van der Waals surface area contributed by atoms with Gasteiger partial charge in [-0.2, -0.15) is 0 Å². The van der Waals surface area contributed by atoms with Crippen molar-refractivity contribution in [2.45, 2.75) is 12.8 Å². The second-order valence-corrected chi connectivity index (χ2v) is 7.14. The number of anilines is 3. The number of carboxylic acid groups (broad SMARTS) is 1. The van der Waals surface area contributed by atoms with E-state index in [4.69, 9.17) is 5.11 Å². The fraction of sp³-hybridized carbons (Fsp3) is 0.200. The molecule has 1 aliphatic heterocycles. The molecular weight excluding hydrogens is 426 g/mol. The summed E-state index contributed by atoms with van der Waals surface area (Å²) in [5, 5.41) is 15.0. The lowest BCUT2D eigenvalue weighted by atomic mass is 10.1. The summed E-state index contributed by atoms with van der Waals surface area (Å²) in [7, 11) is 0. The van der Waals surface area contributed by atoms with Gasteiger partial charge in [0.25, 0.3) is 0 Å². The molecular formula is C20H20BrN3O2S. The minimum absolute atomic E-state index is 0. The Bertz CT molecular complexity index is 904. The fourth-order valence-corrected chi connectivity index (χ4v) is 3.84. The maximum atomic E-state index is 10.9. The number of carboxylic acids is 1. The Hall–Kier alpha value is -2.38. The summed E-state index contributed by atoms with van der Waals surface area (Å²) in [6.07, 6.45) is 2.55. The first-order valence-electron chi connectivity index (χ1n) is 8.60. The number of halogens is 1. The van der Waals surface area contributed by atoms with E-state index < -0.39 is 5.97 Å². The standard InChI is InChI=1S/C20H19N3O2S.BrH/c24-19(25)15-3-7-16(8-4-15)21-20-22-18(13-26-20)14-5-9-17(10-6-14)23-11-1-2-12-23;/h3-10,13H,1-2,11-12H2,(H,21,22)(H,24,25);1H. The van der Waals surface area contributed by atoms with Crippen molar-refractivity contribution < 1.29 is 9.90 Å². The van der Waals surface area contributed by atoms with Crippen molar-refractivity contribution >= 4 is 50.8 Å². The molecule has 1 saturated heterocycles. The average molecular weight is 446 g/mol. The molecule has 0 spiro atoms. The van der Waals surface area contributed by atoms with Crippen LogP contribution in [0.1, 0.15) is 23.2 Å². The van der Waals surface area contributed by atoms with Gasteiger partial charge in [-0.3, -0.25) is 0 Å². The van der Waals surface area contributed by atoms with Gasteiger partial charge in [-0.25, -0.2) is 9.78 Å². The van der Waals surface area contributed by atoms with Crippen molar-refractivity contribution in [3.63, 3.8) is 0 Å². The van der Waals surface area contributed by atoms with E-state index in [2.05, 4.69) is 39.5 Å². The summed E-state index contributed by atoms with van der Waals surface area (Å²) in [6, 6.07) is 15.2. The molecule has 0 aliphatic carbocycles. The molecule has 0 saturated carbocycles. The van der Waals surface area contributed by atoms with Gasteiger partial charge in [-0.15, -0.1) is 28.3 Å². The molecule has 1 fully saturated rings. The van der Waals surface area contributed by atoms with Gasteiger partial charge >= 0.3 is 5.97 Å². The Labute approximate surface area is 172 Å². The van der Waals surface area contributed by atoms with E-state index in [0.717, 1.165) is 35.2 Å². The third-order valence-electron chi connectivity index (χ3n) is 4.52. The number of benzene rings is 2. The molecule has 27 heavy (non-hydrogen) atoms. The summed E-state index contributed by atoms with van der Waals surface area (Å²) in [6.45, 7) is 2.29. The number of aromatic nitrogens is 1. The molecule has 1 aliphatic rings. The molecule has 2 heterocycles. The van der Waals surface area contributed by atoms with Gasteiger partial charge in [0.05, 0.1) is 11.3 Å². The minimum Gasteiger partial charge on any atom is -0.478 e. The van der Waals surface area contributed by atoms with Gasteiger partial charge in [0.1, 0.15) is 0 Å². The Balaban J connectivity index is 0.00000210. The van der Waals surface area contributed by atoms with E-state index in [9.17, 15) is 4.79 Å². The third kappa shape index (κ3) is 4.48. The highest BCUT2D eigenvalue weighted by Gasteiger charge is 2.12. The lowest BCUT2D eigenvalue weighted by molar-refractivity contribution is 0.0697. The molecule has 0 amide bonds. The molecule has 2 N–H and O–H groups in total. The zero-order chi connectivity index (χ0) is 17.9. The molecule has 3 aromatic rings. The number of nitrogens with zero attached hydrogens (tertiary/aromatic N) is 2. The molecule has 4 rings (SSSR count). The zero-order valence-corrected chi connectivity index (χ0v) is 17.1. The molecule has 140 valence electrons. The average Bonchev–Trinajstić information content (AvgIpc) is 3.34. The van der Waals surface area contributed by atoms with Crippen molar-refractivity contribution in [2.75, 3.05) is 23.3 Å². The normalized spacial score (nSPS) is 13.3. The number of hydrogen-bond donors (Lipinski definition) is 2. The van der Waals surface area contributed by atoms with E-state index in [1.54, 1.807) is 24.3 Å². The van der Waals surface area contributed by atoms with Crippen LogP contribution in [0.25, 0.3) is 11.3 Å². The first kappa shape index (κ1) is 19.4. The number of nitrogens with one attached hydrogen (secondary N) is 1. The van der Waals surface area contributed by atoms with E-state index in [1.165, 1.54) is 29.9 Å². The van der Waals surface area contributed by atoms with E-state index >= 15 is 0 Å². The molecule has 0 bridgehead atoms. The predicted molar refractivity (Wildman–Crippen MR) is 116 cm³/mol. The van der Waals surface area contributed by atoms with Gasteiger partial charge in [0.2, 0.25) is 0 Å². The number of carbonyl (C=O) groups is 1. The monoisotopic (exact) mass is 445 g/mol. The van der Waals surface area contributed by atoms with Gasteiger partial charge in [-0.05, 0) is 49.2 Å². The maximum Gasteiger partial charge on any atom is 0.335 e. The fourth-order valence-electron chi connectivity index (χ4n) is 3.10. The van der Waals surface area contributed by atoms with Crippen LogP contribution in [0.15, 0.2) is 53.9 Å². The van der Waals surface area contributed by atoms with Gasteiger partial charge in [-0.1, -0.05) is 12.1 Å². The summed E-state index contributed by atoms with van der Waals surface area (Å²) in [5.74, 6) is -0.925. The highest BCUT2D eigenvalue weighted by molar-refractivity contribution is 8.93. The number of rotatable bonds is 5. The van der Waals surface area contributed by atoms with Crippen molar-refractivity contribution in [1.29, 1.82) is 0 Å². The highest BCUT2D eigenvalue weighted by atomic mass is 79.9. The first-order valence-corrected chi connectivity index (χ1v) is 9.48. The Morgan fingerprint density at radius 1 is 1.04 bits per heavy atom. The number of thiazole rings is 1. The maximum absolute atomic E-state index is 10.9. The van der Waals surface area contributed by atoms with Crippen LogP contribution in [-0.4, -0.2) is 29.1 Å². The summed E-state index contributed by atoms with van der Waals surface area (Å²) >= 11 is 1.53. The topological polar surface area (TPSA) is 65.5 Å².